The van der Waals surface area contributed by atoms with Crippen LogP contribution in [-0.2, 0) is 11.2 Å². The number of fused-ring (bicyclic) bond motifs is 1. The maximum atomic E-state index is 12.1. The maximum Gasteiger partial charge on any atom is 0.231 e. The van der Waals surface area contributed by atoms with Gasteiger partial charge in [0.25, 0.3) is 0 Å². The van der Waals surface area contributed by atoms with Gasteiger partial charge in [-0.3, -0.25) is 4.79 Å². The van der Waals surface area contributed by atoms with E-state index < -0.39 is 0 Å². The fourth-order valence-electron chi connectivity index (χ4n) is 2.61. The number of benzene rings is 1. The molecule has 2 N–H and O–H groups in total. The Hall–Kier alpha value is -2.50. The predicted octanol–water partition coefficient (Wildman–Crippen LogP) is 2.65. The Balaban J connectivity index is 1.74. The van der Waals surface area contributed by atoms with Gasteiger partial charge in [0.05, 0.1) is 6.42 Å². The monoisotopic (exact) mass is 315 g/mol. The SMILES string of the molecule is CCCCCNC(=O)Cc1cc(-c2ncc[nH]2)cc2c1OCO2. The third kappa shape index (κ3) is 3.64. The number of aromatic nitrogens is 2. The molecule has 23 heavy (non-hydrogen) atoms. The van der Waals surface area contributed by atoms with Gasteiger partial charge in [-0.2, -0.15) is 0 Å². The standard InChI is InChI=1S/C17H21N3O3/c1-2-3-4-5-18-15(21)10-12-8-13(17-19-6-7-20-17)9-14-16(12)23-11-22-14/h6-9H,2-5,10-11H2,1H3,(H,18,21)(H,19,20). The van der Waals surface area contributed by atoms with E-state index in [0.29, 0.717) is 18.0 Å². The zero-order chi connectivity index (χ0) is 16.1. The van der Waals surface area contributed by atoms with Gasteiger partial charge >= 0.3 is 0 Å². The lowest BCUT2D eigenvalue weighted by Crippen LogP contribution is -2.26. The lowest BCUT2D eigenvalue weighted by Gasteiger charge is -2.09. The van der Waals surface area contributed by atoms with Crippen LogP contribution in [0.15, 0.2) is 24.5 Å². The molecule has 0 fully saturated rings. The molecule has 0 saturated carbocycles. The number of aromatic amines is 1. The Bertz CT molecular complexity index is 668. The van der Waals surface area contributed by atoms with Gasteiger partial charge in [0.2, 0.25) is 12.7 Å². The summed E-state index contributed by atoms with van der Waals surface area (Å²) in [6.07, 6.45) is 7.00. The molecule has 0 aliphatic carbocycles. The number of unbranched alkanes of at least 4 members (excludes halogenated alkanes) is 2. The van der Waals surface area contributed by atoms with E-state index in [-0.39, 0.29) is 19.1 Å². The smallest absolute Gasteiger partial charge is 0.231 e. The molecule has 6 nitrogen and oxygen atoms in total. The first kappa shape index (κ1) is 15.4. The van der Waals surface area contributed by atoms with Gasteiger partial charge in [-0.15, -0.1) is 0 Å². The summed E-state index contributed by atoms with van der Waals surface area (Å²) in [5.74, 6) is 2.06. The average Bonchev–Trinajstić information content (AvgIpc) is 3.22. The first-order valence-electron chi connectivity index (χ1n) is 7.97. The molecule has 6 heteroatoms. The number of carbonyl (C=O) groups is 1. The van der Waals surface area contributed by atoms with E-state index in [2.05, 4.69) is 22.2 Å². The molecule has 0 spiro atoms. The molecule has 2 aromatic rings. The minimum absolute atomic E-state index is 0.00426. The molecule has 0 unspecified atom stereocenters. The van der Waals surface area contributed by atoms with Crippen molar-refractivity contribution in [1.82, 2.24) is 15.3 Å². The third-order valence-electron chi connectivity index (χ3n) is 3.77. The van der Waals surface area contributed by atoms with Crippen molar-refractivity contribution in [2.75, 3.05) is 13.3 Å². The molecule has 0 radical (unpaired) electrons. The second-order valence-electron chi connectivity index (χ2n) is 5.54. The van der Waals surface area contributed by atoms with Crippen LogP contribution in [0.2, 0.25) is 0 Å². The summed E-state index contributed by atoms with van der Waals surface area (Å²) in [5.41, 5.74) is 1.70. The number of hydrogen-bond donors (Lipinski definition) is 2. The summed E-state index contributed by atoms with van der Waals surface area (Å²) in [6.45, 7) is 3.04. The Labute approximate surface area is 135 Å². The number of imidazole rings is 1. The van der Waals surface area contributed by atoms with E-state index in [1.54, 1.807) is 12.4 Å². The number of amides is 1. The molecule has 1 aliphatic rings. The molecule has 122 valence electrons. The number of H-pyrrole nitrogens is 1. The summed E-state index contributed by atoms with van der Waals surface area (Å²) < 4.78 is 11.0. The summed E-state index contributed by atoms with van der Waals surface area (Å²) >= 11 is 0. The van der Waals surface area contributed by atoms with E-state index in [1.807, 2.05) is 12.1 Å². The summed E-state index contributed by atoms with van der Waals surface area (Å²) in [4.78, 5) is 19.5. The Morgan fingerprint density at radius 3 is 3.04 bits per heavy atom. The van der Waals surface area contributed by atoms with Crippen LogP contribution in [-0.4, -0.2) is 29.2 Å². The van der Waals surface area contributed by atoms with Crippen LogP contribution in [0.3, 0.4) is 0 Å². The average molecular weight is 315 g/mol. The number of nitrogens with one attached hydrogen (secondary N) is 2. The van der Waals surface area contributed by atoms with Crippen LogP contribution in [0.1, 0.15) is 31.7 Å². The molecular weight excluding hydrogens is 294 g/mol. The van der Waals surface area contributed by atoms with Crippen LogP contribution in [0.4, 0.5) is 0 Å². The lowest BCUT2D eigenvalue weighted by molar-refractivity contribution is -0.120. The minimum atomic E-state index is -0.00426. The van der Waals surface area contributed by atoms with Crippen LogP contribution in [0.25, 0.3) is 11.4 Å². The molecule has 1 aromatic carbocycles. The van der Waals surface area contributed by atoms with E-state index in [1.165, 1.54) is 0 Å². The lowest BCUT2D eigenvalue weighted by atomic mass is 10.0. The van der Waals surface area contributed by atoms with Gasteiger partial charge in [-0.05, 0) is 18.6 Å². The normalized spacial score (nSPS) is 12.4. The van der Waals surface area contributed by atoms with Gasteiger partial charge in [-0.1, -0.05) is 19.8 Å². The van der Waals surface area contributed by atoms with Crippen molar-refractivity contribution in [3.63, 3.8) is 0 Å². The van der Waals surface area contributed by atoms with E-state index in [9.17, 15) is 4.79 Å². The van der Waals surface area contributed by atoms with Crippen LogP contribution >= 0.6 is 0 Å². The van der Waals surface area contributed by atoms with E-state index >= 15 is 0 Å². The second-order valence-corrected chi connectivity index (χ2v) is 5.54. The fraction of sp³-hybridized carbons (Fsp3) is 0.412. The van der Waals surface area contributed by atoms with E-state index in [4.69, 9.17) is 9.47 Å². The van der Waals surface area contributed by atoms with Gasteiger partial charge in [0.1, 0.15) is 5.82 Å². The first-order chi connectivity index (χ1) is 11.3. The topological polar surface area (TPSA) is 76.2 Å². The zero-order valence-electron chi connectivity index (χ0n) is 13.2. The van der Waals surface area contributed by atoms with Crippen molar-refractivity contribution in [3.05, 3.63) is 30.1 Å². The highest BCUT2D eigenvalue weighted by atomic mass is 16.7. The highest BCUT2D eigenvalue weighted by Gasteiger charge is 2.21. The van der Waals surface area contributed by atoms with Crippen LogP contribution < -0.4 is 14.8 Å². The molecule has 2 heterocycles. The van der Waals surface area contributed by atoms with Crippen LogP contribution in [0, 0.1) is 0 Å². The maximum absolute atomic E-state index is 12.1. The molecule has 1 aromatic heterocycles. The molecule has 3 rings (SSSR count). The van der Waals surface area contributed by atoms with Crippen molar-refractivity contribution in [1.29, 1.82) is 0 Å². The third-order valence-corrected chi connectivity index (χ3v) is 3.77. The molecule has 0 bridgehead atoms. The highest BCUT2D eigenvalue weighted by Crippen LogP contribution is 2.39. The van der Waals surface area contributed by atoms with Gasteiger partial charge in [0, 0.05) is 30.1 Å². The molecular formula is C17H21N3O3. The summed E-state index contributed by atoms with van der Waals surface area (Å²) in [6, 6.07) is 3.81. The number of carbonyl (C=O) groups excluding carboxylic acids is 1. The number of nitrogens with zero attached hydrogens (tertiary/aromatic N) is 1. The van der Waals surface area contributed by atoms with E-state index in [0.717, 1.165) is 36.2 Å². The zero-order valence-corrected chi connectivity index (χ0v) is 13.2. The van der Waals surface area contributed by atoms with Crippen molar-refractivity contribution in [2.24, 2.45) is 0 Å². The summed E-state index contributed by atoms with van der Waals surface area (Å²) in [7, 11) is 0. The number of rotatable bonds is 7. The van der Waals surface area contributed by atoms with Crippen molar-refractivity contribution in [2.45, 2.75) is 32.6 Å². The second kappa shape index (κ2) is 7.17. The largest absolute Gasteiger partial charge is 0.454 e. The summed E-state index contributed by atoms with van der Waals surface area (Å²) in [5, 5.41) is 2.95. The molecule has 1 aliphatic heterocycles. The Morgan fingerprint density at radius 2 is 2.26 bits per heavy atom. The predicted molar refractivity (Wildman–Crippen MR) is 86.4 cm³/mol. The van der Waals surface area contributed by atoms with Crippen molar-refractivity contribution < 1.29 is 14.3 Å². The highest BCUT2D eigenvalue weighted by molar-refractivity contribution is 5.81. The van der Waals surface area contributed by atoms with Gasteiger partial charge in [-0.25, -0.2) is 4.98 Å². The van der Waals surface area contributed by atoms with Crippen molar-refractivity contribution >= 4 is 5.91 Å². The molecule has 0 atom stereocenters. The first-order valence-corrected chi connectivity index (χ1v) is 7.97. The Kier molecular flexibility index (Phi) is 4.80. The fourth-order valence-corrected chi connectivity index (χ4v) is 2.61. The van der Waals surface area contributed by atoms with Gasteiger partial charge < -0.3 is 19.8 Å². The number of hydrogen-bond acceptors (Lipinski definition) is 4. The van der Waals surface area contributed by atoms with Crippen LogP contribution in [0.5, 0.6) is 11.5 Å². The molecule has 1 amide bonds. The number of ether oxygens (including phenoxy) is 2. The van der Waals surface area contributed by atoms with Gasteiger partial charge in [0.15, 0.2) is 11.5 Å². The van der Waals surface area contributed by atoms with Crippen molar-refractivity contribution in [3.8, 4) is 22.9 Å². The Morgan fingerprint density at radius 1 is 1.35 bits per heavy atom. The molecule has 0 saturated heterocycles. The minimum Gasteiger partial charge on any atom is -0.454 e. The quantitative estimate of drug-likeness (QED) is 0.770.